The van der Waals surface area contributed by atoms with Crippen molar-refractivity contribution in [2.45, 2.75) is 208 Å². The van der Waals surface area contributed by atoms with Crippen LogP contribution in [0, 0.1) is 20.8 Å². The van der Waals surface area contributed by atoms with Crippen LogP contribution in [-0.4, -0.2) is 15.3 Å². The molecule has 3 heteroatoms. The minimum Gasteiger partial charge on any atom is -0.508 e. The highest BCUT2D eigenvalue weighted by Crippen LogP contribution is 2.52. The zero-order chi connectivity index (χ0) is 39.9. The minimum absolute atomic E-state index is 0.0792. The van der Waals surface area contributed by atoms with Gasteiger partial charge in [0.2, 0.25) is 0 Å². The van der Waals surface area contributed by atoms with E-state index in [1.165, 1.54) is 63.4 Å². The monoisotopic (exact) mass is 727 g/mol. The van der Waals surface area contributed by atoms with Crippen LogP contribution in [0.1, 0.15) is 216 Å². The Bertz CT molecular complexity index is 1570. The summed E-state index contributed by atoms with van der Waals surface area (Å²) in [5.41, 5.74) is 8.65. The molecule has 0 radical (unpaired) electrons. The van der Waals surface area contributed by atoms with Crippen molar-refractivity contribution in [3.8, 4) is 17.2 Å². The third-order valence-corrected chi connectivity index (χ3v) is 12.2. The van der Waals surface area contributed by atoms with E-state index in [4.69, 9.17) is 0 Å². The van der Waals surface area contributed by atoms with Crippen LogP contribution in [0.15, 0.2) is 36.4 Å². The van der Waals surface area contributed by atoms with E-state index in [0.717, 1.165) is 70.2 Å². The third-order valence-electron chi connectivity index (χ3n) is 12.2. The van der Waals surface area contributed by atoms with Crippen LogP contribution in [0.4, 0.5) is 0 Å². The van der Waals surface area contributed by atoms with E-state index >= 15 is 0 Å². The highest BCUT2D eigenvalue weighted by Gasteiger charge is 2.41. The Hall–Kier alpha value is -2.94. The quantitative estimate of drug-likeness (QED) is 0.121. The lowest BCUT2D eigenvalue weighted by Gasteiger charge is -2.42. The summed E-state index contributed by atoms with van der Waals surface area (Å²) >= 11 is 0. The molecule has 0 amide bonds. The lowest BCUT2D eigenvalue weighted by molar-refractivity contribution is 0.371. The fourth-order valence-electron chi connectivity index (χ4n) is 8.38. The van der Waals surface area contributed by atoms with Gasteiger partial charge in [-0.2, -0.15) is 0 Å². The fourth-order valence-corrected chi connectivity index (χ4v) is 8.38. The summed E-state index contributed by atoms with van der Waals surface area (Å²) < 4.78 is 0. The van der Waals surface area contributed by atoms with Crippen molar-refractivity contribution in [1.29, 1.82) is 0 Å². The summed E-state index contributed by atoms with van der Waals surface area (Å²) in [5, 5.41) is 34.7. The molecule has 0 spiro atoms. The van der Waals surface area contributed by atoms with E-state index < -0.39 is 5.41 Å². The van der Waals surface area contributed by atoms with Gasteiger partial charge in [0.05, 0.1) is 0 Å². The molecule has 3 rings (SSSR count). The Kier molecular flexibility index (Phi) is 15.2. The fraction of sp³-hybridized carbons (Fsp3) is 0.640. The number of phenols is 3. The van der Waals surface area contributed by atoms with Crippen molar-refractivity contribution in [2.24, 2.45) is 0 Å². The van der Waals surface area contributed by atoms with Gasteiger partial charge in [-0.1, -0.05) is 165 Å². The minimum atomic E-state index is -0.510. The molecule has 1 atom stereocenters. The molecule has 53 heavy (non-hydrogen) atoms. The van der Waals surface area contributed by atoms with Gasteiger partial charge < -0.3 is 15.3 Å². The van der Waals surface area contributed by atoms with Crippen molar-refractivity contribution in [2.75, 3.05) is 0 Å². The number of rotatable bonds is 17. The topological polar surface area (TPSA) is 60.7 Å². The molecule has 0 aliphatic carbocycles. The highest BCUT2D eigenvalue weighted by atomic mass is 16.3. The summed E-state index contributed by atoms with van der Waals surface area (Å²) in [5.74, 6) is 1.10. The smallest absolute Gasteiger partial charge is 0.119 e. The SMILES string of the molecule is CCCCCCCCCCCCCC(CC(C)c1cc(C(C)(C)C)cc(O)c1C)(c1cc(C(C)(C)C)cc(O)c1C)c1cc(C(C)(C)C)cc(O)c1C. The molecule has 0 heterocycles. The number of hydrogen-bond donors (Lipinski definition) is 3. The number of hydrogen-bond acceptors (Lipinski definition) is 3. The average Bonchev–Trinajstić information content (AvgIpc) is 3.05. The van der Waals surface area contributed by atoms with Gasteiger partial charge in [0.1, 0.15) is 17.2 Å². The van der Waals surface area contributed by atoms with Gasteiger partial charge >= 0.3 is 0 Å². The Labute approximate surface area is 326 Å². The van der Waals surface area contributed by atoms with Gasteiger partial charge in [-0.25, -0.2) is 0 Å². The van der Waals surface area contributed by atoms with Crippen LogP contribution < -0.4 is 0 Å². The van der Waals surface area contributed by atoms with Gasteiger partial charge in [-0.15, -0.1) is 0 Å². The van der Waals surface area contributed by atoms with Gasteiger partial charge in [0, 0.05) is 5.41 Å². The van der Waals surface area contributed by atoms with Crippen molar-refractivity contribution >= 4 is 0 Å². The second-order valence-corrected chi connectivity index (χ2v) is 19.8. The summed E-state index contributed by atoms with van der Waals surface area (Å²) in [6, 6.07) is 12.9. The summed E-state index contributed by atoms with van der Waals surface area (Å²) in [6.45, 7) is 30.7. The Morgan fingerprint density at radius 2 is 0.811 bits per heavy atom. The molecule has 3 aromatic rings. The Morgan fingerprint density at radius 1 is 0.472 bits per heavy atom. The molecule has 0 saturated heterocycles. The number of benzene rings is 3. The normalized spacial score (nSPS) is 13.5. The molecule has 1 unspecified atom stereocenters. The Balaban J connectivity index is 2.27. The number of aromatic hydroxyl groups is 3. The molecule has 0 fully saturated rings. The van der Waals surface area contributed by atoms with Gasteiger partial charge in [0.25, 0.3) is 0 Å². The molecule has 0 aliphatic rings. The molecule has 3 N–H and O–H groups in total. The van der Waals surface area contributed by atoms with E-state index in [1.54, 1.807) is 0 Å². The van der Waals surface area contributed by atoms with Crippen LogP contribution in [0.5, 0.6) is 17.2 Å². The molecule has 0 saturated carbocycles. The van der Waals surface area contributed by atoms with Crippen LogP contribution in [-0.2, 0) is 21.7 Å². The molecule has 3 aromatic carbocycles. The molecule has 0 aliphatic heterocycles. The second-order valence-electron chi connectivity index (χ2n) is 19.8. The van der Waals surface area contributed by atoms with Crippen LogP contribution in [0.3, 0.4) is 0 Å². The molecule has 0 bridgehead atoms. The van der Waals surface area contributed by atoms with Crippen molar-refractivity contribution in [3.63, 3.8) is 0 Å². The maximum Gasteiger partial charge on any atom is 0.119 e. The highest BCUT2D eigenvalue weighted by molar-refractivity contribution is 5.57. The van der Waals surface area contributed by atoms with E-state index in [-0.39, 0.29) is 22.2 Å². The number of unbranched alkanes of at least 4 members (excludes halogenated alkanes) is 10. The first-order valence-electron chi connectivity index (χ1n) is 21.1. The standard InChI is InChI=1S/C50H78O3/c1-15-16-17-18-19-20-21-22-23-24-25-26-50(42-28-39(48(9,10)11)31-45(52)36(42)4,43-29-40(49(12,13)14)32-46(53)37(43)5)33-34(2)41-27-38(47(6,7)8)30-44(51)35(41)3/h27-32,34,51-53H,15-26,33H2,1-14H3. The Morgan fingerprint density at radius 3 is 1.19 bits per heavy atom. The van der Waals surface area contributed by atoms with E-state index in [0.29, 0.717) is 17.2 Å². The lowest BCUT2D eigenvalue weighted by atomic mass is 9.62. The van der Waals surface area contributed by atoms with E-state index in [1.807, 2.05) is 25.1 Å². The zero-order valence-corrected chi connectivity index (χ0v) is 36.6. The summed E-state index contributed by atoms with van der Waals surface area (Å²) in [4.78, 5) is 0. The summed E-state index contributed by atoms with van der Waals surface area (Å²) in [6.07, 6.45) is 15.8. The largest absolute Gasteiger partial charge is 0.508 e. The predicted molar refractivity (Wildman–Crippen MR) is 230 cm³/mol. The van der Waals surface area contributed by atoms with Crippen molar-refractivity contribution in [3.05, 3.63) is 86.5 Å². The molecule has 0 aromatic heterocycles. The average molecular weight is 727 g/mol. The van der Waals surface area contributed by atoms with Crippen molar-refractivity contribution in [1.82, 2.24) is 0 Å². The predicted octanol–water partition coefficient (Wildman–Crippen LogP) is 14.8. The maximum absolute atomic E-state index is 11.7. The number of phenolic OH excluding ortho intramolecular Hbond substituents is 3. The molecule has 296 valence electrons. The van der Waals surface area contributed by atoms with Crippen molar-refractivity contribution < 1.29 is 15.3 Å². The molecular formula is C50H78O3. The van der Waals surface area contributed by atoms with Crippen LogP contribution in [0.25, 0.3) is 0 Å². The first-order valence-corrected chi connectivity index (χ1v) is 21.1. The second kappa shape index (κ2) is 18.1. The van der Waals surface area contributed by atoms with E-state index in [2.05, 4.69) is 108 Å². The molecular weight excluding hydrogens is 649 g/mol. The van der Waals surface area contributed by atoms with Gasteiger partial charge in [0.15, 0.2) is 0 Å². The summed E-state index contributed by atoms with van der Waals surface area (Å²) in [7, 11) is 0. The first kappa shape index (κ1) is 44.5. The molecule has 3 nitrogen and oxygen atoms in total. The van der Waals surface area contributed by atoms with Crippen LogP contribution >= 0.6 is 0 Å². The van der Waals surface area contributed by atoms with Gasteiger partial charge in [-0.3, -0.25) is 0 Å². The third kappa shape index (κ3) is 11.3. The maximum atomic E-state index is 11.7. The lowest BCUT2D eigenvalue weighted by Crippen LogP contribution is -2.33. The zero-order valence-electron chi connectivity index (χ0n) is 36.6. The van der Waals surface area contributed by atoms with E-state index in [9.17, 15) is 15.3 Å². The van der Waals surface area contributed by atoms with Crippen LogP contribution in [0.2, 0.25) is 0 Å². The van der Waals surface area contributed by atoms with Gasteiger partial charge in [-0.05, 0) is 124 Å². The first-order chi connectivity index (χ1) is 24.5.